The smallest absolute Gasteiger partial charge is 0.251 e. The fraction of sp³-hybridized carbons (Fsp3) is 0.167. The van der Waals surface area contributed by atoms with Crippen LogP contribution in [-0.2, 0) is 13.1 Å². The third kappa shape index (κ3) is 5.30. The van der Waals surface area contributed by atoms with Crippen LogP contribution in [0.1, 0.15) is 43.0 Å². The van der Waals surface area contributed by atoms with Crippen LogP contribution in [0.3, 0.4) is 0 Å². The summed E-state index contributed by atoms with van der Waals surface area (Å²) in [6.07, 6.45) is 0. The van der Waals surface area contributed by atoms with E-state index in [2.05, 4.69) is 10.6 Å². The number of carbonyl (C=O) groups is 2. The van der Waals surface area contributed by atoms with Gasteiger partial charge in [0.2, 0.25) is 0 Å². The van der Waals surface area contributed by atoms with Gasteiger partial charge in [-0.15, -0.1) is 0 Å². The van der Waals surface area contributed by atoms with Crippen LogP contribution in [0.4, 0.5) is 0 Å². The lowest BCUT2D eigenvalue weighted by atomic mass is 10.1. The van der Waals surface area contributed by atoms with Crippen molar-refractivity contribution in [2.75, 3.05) is 0 Å². The Kier molecular flexibility index (Phi) is 6.22. The number of hydrogen-bond acceptors (Lipinski definition) is 2. The molecule has 0 saturated heterocycles. The molecule has 3 aromatic carbocycles. The van der Waals surface area contributed by atoms with Crippen LogP contribution in [0.2, 0.25) is 0 Å². The quantitative estimate of drug-likeness (QED) is 0.682. The standard InChI is InChI=1S/C24H24N2O2/c1-17-3-7-19(8-4-17)15-25-23(27)21-11-13-22(14-12-21)24(28)26-16-20-9-5-18(2)6-10-20/h3-14H,15-16H2,1-2H3,(H,25,27)(H,26,28). The van der Waals surface area contributed by atoms with Crippen molar-refractivity contribution in [3.63, 3.8) is 0 Å². The van der Waals surface area contributed by atoms with Crippen molar-refractivity contribution in [3.8, 4) is 0 Å². The number of benzene rings is 3. The van der Waals surface area contributed by atoms with Crippen LogP contribution in [0.5, 0.6) is 0 Å². The molecule has 0 fully saturated rings. The first-order valence-corrected chi connectivity index (χ1v) is 9.29. The van der Waals surface area contributed by atoms with Gasteiger partial charge in [-0.25, -0.2) is 0 Å². The van der Waals surface area contributed by atoms with Gasteiger partial charge in [-0.1, -0.05) is 59.7 Å². The molecule has 142 valence electrons. The summed E-state index contributed by atoms with van der Waals surface area (Å²) in [6.45, 7) is 5.00. The van der Waals surface area contributed by atoms with Crippen LogP contribution < -0.4 is 10.6 Å². The predicted octanol–water partition coefficient (Wildman–Crippen LogP) is 4.16. The monoisotopic (exact) mass is 372 g/mol. The van der Waals surface area contributed by atoms with E-state index in [-0.39, 0.29) is 11.8 Å². The molecule has 0 aromatic heterocycles. The Hall–Kier alpha value is -3.40. The summed E-state index contributed by atoms with van der Waals surface area (Å²) in [5, 5.41) is 5.79. The number of nitrogens with one attached hydrogen (secondary N) is 2. The number of carbonyl (C=O) groups excluding carboxylic acids is 2. The minimum absolute atomic E-state index is 0.160. The third-order valence-electron chi connectivity index (χ3n) is 4.56. The second kappa shape index (κ2) is 9.00. The van der Waals surface area contributed by atoms with Crippen molar-refractivity contribution in [1.82, 2.24) is 10.6 Å². The Bertz CT molecular complexity index is 863. The maximum atomic E-state index is 12.3. The van der Waals surface area contributed by atoms with Gasteiger partial charge in [0.15, 0.2) is 0 Å². The SMILES string of the molecule is Cc1ccc(CNC(=O)c2ccc(C(=O)NCc3ccc(C)cc3)cc2)cc1. The van der Waals surface area contributed by atoms with Gasteiger partial charge in [0, 0.05) is 24.2 Å². The van der Waals surface area contributed by atoms with Crippen LogP contribution in [0.25, 0.3) is 0 Å². The lowest BCUT2D eigenvalue weighted by molar-refractivity contribution is 0.0939. The zero-order chi connectivity index (χ0) is 19.9. The van der Waals surface area contributed by atoms with E-state index in [9.17, 15) is 9.59 Å². The van der Waals surface area contributed by atoms with Crippen LogP contribution >= 0.6 is 0 Å². The molecule has 0 aliphatic rings. The maximum absolute atomic E-state index is 12.3. The molecular weight excluding hydrogens is 348 g/mol. The summed E-state index contributed by atoms with van der Waals surface area (Å²) in [7, 11) is 0. The average molecular weight is 372 g/mol. The molecule has 4 nitrogen and oxygen atoms in total. The fourth-order valence-corrected chi connectivity index (χ4v) is 2.75. The highest BCUT2D eigenvalue weighted by Crippen LogP contribution is 2.08. The molecule has 3 rings (SSSR count). The van der Waals surface area contributed by atoms with Crippen molar-refractivity contribution >= 4 is 11.8 Å². The van der Waals surface area contributed by atoms with E-state index in [1.54, 1.807) is 24.3 Å². The summed E-state index contributed by atoms with van der Waals surface area (Å²) < 4.78 is 0. The second-order valence-corrected chi connectivity index (χ2v) is 6.91. The molecular formula is C24H24N2O2. The summed E-state index contributed by atoms with van der Waals surface area (Å²) >= 11 is 0. The lowest BCUT2D eigenvalue weighted by Gasteiger charge is -2.08. The lowest BCUT2D eigenvalue weighted by Crippen LogP contribution is -2.24. The molecule has 0 aliphatic carbocycles. The van der Waals surface area contributed by atoms with Crippen molar-refractivity contribution < 1.29 is 9.59 Å². The average Bonchev–Trinajstić information content (AvgIpc) is 2.72. The van der Waals surface area contributed by atoms with Gasteiger partial charge in [0.1, 0.15) is 0 Å². The normalized spacial score (nSPS) is 10.4. The molecule has 3 aromatic rings. The molecule has 0 atom stereocenters. The second-order valence-electron chi connectivity index (χ2n) is 6.91. The van der Waals surface area contributed by atoms with Crippen LogP contribution in [-0.4, -0.2) is 11.8 Å². The first kappa shape index (κ1) is 19.4. The minimum Gasteiger partial charge on any atom is -0.348 e. The van der Waals surface area contributed by atoms with Gasteiger partial charge in [0.25, 0.3) is 11.8 Å². The van der Waals surface area contributed by atoms with Crippen molar-refractivity contribution in [2.24, 2.45) is 0 Å². The Labute approximate surface area is 165 Å². The molecule has 28 heavy (non-hydrogen) atoms. The summed E-state index contributed by atoms with van der Waals surface area (Å²) in [5.74, 6) is -0.320. The highest BCUT2D eigenvalue weighted by molar-refractivity contribution is 5.97. The highest BCUT2D eigenvalue weighted by atomic mass is 16.2. The van der Waals surface area contributed by atoms with Crippen LogP contribution in [0, 0.1) is 13.8 Å². The Balaban J connectivity index is 1.53. The number of rotatable bonds is 6. The van der Waals surface area contributed by atoms with E-state index in [4.69, 9.17) is 0 Å². The highest BCUT2D eigenvalue weighted by Gasteiger charge is 2.09. The summed E-state index contributed by atoms with van der Waals surface area (Å²) in [5.41, 5.74) is 5.53. The van der Waals surface area contributed by atoms with Crippen LogP contribution in [0.15, 0.2) is 72.8 Å². The molecule has 0 aliphatic heterocycles. The molecule has 2 amide bonds. The molecule has 0 unspecified atom stereocenters. The summed E-state index contributed by atoms with van der Waals surface area (Å²) in [4.78, 5) is 24.6. The van der Waals surface area contributed by atoms with Gasteiger partial charge >= 0.3 is 0 Å². The van der Waals surface area contributed by atoms with Gasteiger partial charge in [0.05, 0.1) is 0 Å². The zero-order valence-corrected chi connectivity index (χ0v) is 16.2. The van der Waals surface area contributed by atoms with Gasteiger partial charge < -0.3 is 10.6 Å². The largest absolute Gasteiger partial charge is 0.348 e. The van der Waals surface area contributed by atoms with Gasteiger partial charge in [-0.05, 0) is 49.2 Å². The van der Waals surface area contributed by atoms with Crippen molar-refractivity contribution in [1.29, 1.82) is 0 Å². The van der Waals surface area contributed by atoms with E-state index in [0.717, 1.165) is 11.1 Å². The Morgan fingerprint density at radius 3 is 1.21 bits per heavy atom. The topological polar surface area (TPSA) is 58.2 Å². The van der Waals surface area contributed by atoms with Gasteiger partial charge in [-0.3, -0.25) is 9.59 Å². The summed E-state index contributed by atoms with van der Waals surface area (Å²) in [6, 6.07) is 22.8. The fourth-order valence-electron chi connectivity index (χ4n) is 2.75. The first-order valence-electron chi connectivity index (χ1n) is 9.29. The van der Waals surface area contributed by atoms with E-state index in [1.165, 1.54) is 11.1 Å². The molecule has 0 bridgehead atoms. The number of hydrogen-bond donors (Lipinski definition) is 2. The Morgan fingerprint density at radius 2 is 0.893 bits per heavy atom. The van der Waals surface area contributed by atoms with Gasteiger partial charge in [-0.2, -0.15) is 0 Å². The minimum atomic E-state index is -0.160. The molecule has 4 heteroatoms. The predicted molar refractivity (Wildman–Crippen MR) is 111 cm³/mol. The molecule has 0 heterocycles. The van der Waals surface area contributed by atoms with Crippen molar-refractivity contribution in [2.45, 2.75) is 26.9 Å². The zero-order valence-electron chi connectivity index (χ0n) is 16.2. The molecule has 0 saturated carbocycles. The number of aryl methyl sites for hydroxylation is 2. The van der Waals surface area contributed by atoms with E-state index in [0.29, 0.717) is 24.2 Å². The first-order chi connectivity index (χ1) is 13.5. The van der Waals surface area contributed by atoms with E-state index in [1.807, 2.05) is 62.4 Å². The molecule has 0 spiro atoms. The third-order valence-corrected chi connectivity index (χ3v) is 4.56. The molecule has 0 radical (unpaired) electrons. The number of amides is 2. The Morgan fingerprint density at radius 1 is 0.571 bits per heavy atom. The van der Waals surface area contributed by atoms with E-state index >= 15 is 0 Å². The van der Waals surface area contributed by atoms with Crippen molar-refractivity contribution in [3.05, 3.63) is 106 Å². The van der Waals surface area contributed by atoms with E-state index < -0.39 is 0 Å². The molecule has 2 N–H and O–H groups in total. The maximum Gasteiger partial charge on any atom is 0.251 e.